The van der Waals surface area contributed by atoms with Crippen LogP contribution in [-0.4, -0.2) is 14.2 Å². The molecule has 0 radical (unpaired) electrons. The van der Waals surface area contributed by atoms with E-state index in [2.05, 4.69) is 0 Å². The lowest BCUT2D eigenvalue weighted by Crippen LogP contribution is -2.28. The Hall–Kier alpha value is -2.01. The second kappa shape index (κ2) is 3.24. The minimum atomic E-state index is -0.123. The van der Waals surface area contributed by atoms with E-state index in [1.54, 1.807) is 4.57 Å². The van der Waals surface area contributed by atoms with Crippen LogP contribution in [0, 0.1) is 0 Å². The Bertz CT molecular complexity index is 706. The molecule has 17 heavy (non-hydrogen) atoms. The normalized spacial score (nSPS) is 14.7. The molecule has 5 heteroatoms. The van der Waals surface area contributed by atoms with Crippen molar-refractivity contribution < 1.29 is 5.11 Å². The van der Waals surface area contributed by atoms with Crippen LogP contribution in [0.5, 0.6) is 0 Å². The number of aliphatic hydroxyl groups excluding tert-OH is 1. The highest BCUT2D eigenvalue weighted by atomic mass is 16.3. The molecule has 88 valence electrons. The maximum absolute atomic E-state index is 12.1. The Kier molecular flexibility index (Phi) is 1.94. The summed E-state index contributed by atoms with van der Waals surface area (Å²) in [6, 6.07) is 5.48. The highest BCUT2D eigenvalue weighted by Crippen LogP contribution is 2.29. The largest absolute Gasteiger partial charge is 0.507 e. The Morgan fingerprint density at radius 1 is 1.47 bits per heavy atom. The van der Waals surface area contributed by atoms with Gasteiger partial charge in [-0.25, -0.2) is 4.79 Å². The van der Waals surface area contributed by atoms with Crippen LogP contribution in [0.15, 0.2) is 28.6 Å². The van der Waals surface area contributed by atoms with Gasteiger partial charge in [0.2, 0.25) is 0 Å². The van der Waals surface area contributed by atoms with E-state index in [4.69, 9.17) is 5.73 Å². The lowest BCUT2D eigenvalue weighted by molar-refractivity contribution is 0.497. The Balaban J connectivity index is 2.54. The number of rotatable bonds is 1. The van der Waals surface area contributed by atoms with Gasteiger partial charge in [-0.1, -0.05) is 6.07 Å². The van der Waals surface area contributed by atoms with Gasteiger partial charge in [0.05, 0.1) is 24.2 Å². The molecule has 2 heterocycles. The zero-order valence-corrected chi connectivity index (χ0v) is 9.47. The number of hydrogen-bond donors (Lipinski definition) is 2. The highest BCUT2D eigenvalue weighted by Gasteiger charge is 2.22. The van der Waals surface area contributed by atoms with Crippen molar-refractivity contribution in [3.63, 3.8) is 0 Å². The van der Waals surface area contributed by atoms with Crippen molar-refractivity contribution in [2.75, 3.05) is 0 Å². The first-order valence-electron chi connectivity index (χ1n) is 5.46. The summed E-state index contributed by atoms with van der Waals surface area (Å²) in [6.45, 7) is 2.39. The van der Waals surface area contributed by atoms with Gasteiger partial charge in [-0.2, -0.15) is 0 Å². The molecule has 3 rings (SSSR count). The first kappa shape index (κ1) is 10.2. The maximum Gasteiger partial charge on any atom is 0.330 e. The summed E-state index contributed by atoms with van der Waals surface area (Å²) in [5, 5.41) is 10.0. The number of allylic oxidation sites excluding steroid dienone is 1. The second-order valence-electron chi connectivity index (χ2n) is 4.28. The highest BCUT2D eigenvalue weighted by molar-refractivity contribution is 5.90. The molecule has 1 aromatic heterocycles. The van der Waals surface area contributed by atoms with Crippen molar-refractivity contribution in [3.05, 3.63) is 39.8 Å². The van der Waals surface area contributed by atoms with Crippen molar-refractivity contribution in [2.24, 2.45) is 5.73 Å². The van der Waals surface area contributed by atoms with Gasteiger partial charge in [0.25, 0.3) is 0 Å². The molecule has 0 unspecified atom stereocenters. The standard InChI is InChI=1S/C12H13N3O2/c1-7-5-14-10-8(11(7)16)3-2-4-9(10)15(6-13)12(14)17/h2-4,16H,5-6,13H2,1H3. The number of para-hydroxylation sites is 1. The number of benzene rings is 1. The smallest absolute Gasteiger partial charge is 0.330 e. The topological polar surface area (TPSA) is 73.2 Å². The summed E-state index contributed by atoms with van der Waals surface area (Å²) >= 11 is 0. The Morgan fingerprint density at radius 3 is 2.94 bits per heavy atom. The summed E-state index contributed by atoms with van der Waals surface area (Å²) in [4.78, 5) is 12.1. The summed E-state index contributed by atoms with van der Waals surface area (Å²) in [5.74, 6) is 0.268. The molecule has 0 aliphatic carbocycles. The fourth-order valence-electron chi connectivity index (χ4n) is 2.43. The molecule has 1 aliphatic rings. The summed E-state index contributed by atoms with van der Waals surface area (Å²) in [7, 11) is 0. The van der Waals surface area contributed by atoms with Crippen LogP contribution in [0.1, 0.15) is 12.5 Å². The van der Waals surface area contributed by atoms with E-state index in [1.165, 1.54) is 4.57 Å². The quantitative estimate of drug-likeness (QED) is 0.769. The molecule has 0 saturated carbocycles. The molecule has 3 N–H and O–H groups in total. The van der Waals surface area contributed by atoms with E-state index >= 15 is 0 Å². The SMILES string of the molecule is CC1=C(O)c2cccc3c2n(c(=O)n3CN)C1. The zero-order valence-electron chi connectivity index (χ0n) is 9.47. The van der Waals surface area contributed by atoms with E-state index in [0.717, 1.165) is 16.6 Å². The first-order chi connectivity index (χ1) is 8.15. The molecule has 0 bridgehead atoms. The zero-order chi connectivity index (χ0) is 12.2. The van der Waals surface area contributed by atoms with Crippen LogP contribution >= 0.6 is 0 Å². The molecule has 1 aromatic carbocycles. The number of aromatic nitrogens is 2. The van der Waals surface area contributed by atoms with Crippen LogP contribution < -0.4 is 11.4 Å². The van der Waals surface area contributed by atoms with Gasteiger partial charge in [-0.15, -0.1) is 0 Å². The average molecular weight is 231 g/mol. The van der Waals surface area contributed by atoms with E-state index in [9.17, 15) is 9.90 Å². The van der Waals surface area contributed by atoms with Crippen LogP contribution in [0.4, 0.5) is 0 Å². The van der Waals surface area contributed by atoms with E-state index in [1.807, 2.05) is 25.1 Å². The van der Waals surface area contributed by atoms with Crippen molar-refractivity contribution >= 4 is 16.8 Å². The van der Waals surface area contributed by atoms with Gasteiger partial charge in [0, 0.05) is 5.56 Å². The molecule has 1 aliphatic heterocycles. The molecular weight excluding hydrogens is 218 g/mol. The molecule has 2 aromatic rings. The summed E-state index contributed by atoms with van der Waals surface area (Å²) in [6.07, 6.45) is 0. The third kappa shape index (κ3) is 1.14. The monoisotopic (exact) mass is 231 g/mol. The predicted molar refractivity (Wildman–Crippen MR) is 65.6 cm³/mol. The van der Waals surface area contributed by atoms with Crippen molar-refractivity contribution in [1.82, 2.24) is 9.13 Å². The van der Waals surface area contributed by atoms with Gasteiger partial charge in [-0.05, 0) is 24.6 Å². The van der Waals surface area contributed by atoms with Crippen LogP contribution in [0.2, 0.25) is 0 Å². The van der Waals surface area contributed by atoms with Crippen LogP contribution in [0.3, 0.4) is 0 Å². The van der Waals surface area contributed by atoms with E-state index in [0.29, 0.717) is 12.1 Å². The predicted octanol–water partition coefficient (Wildman–Crippen LogP) is 1.02. The van der Waals surface area contributed by atoms with E-state index < -0.39 is 0 Å². The van der Waals surface area contributed by atoms with Crippen LogP contribution in [0.25, 0.3) is 16.8 Å². The lowest BCUT2D eigenvalue weighted by atomic mass is 10.0. The van der Waals surface area contributed by atoms with Gasteiger partial charge in [-0.3, -0.25) is 9.13 Å². The third-order valence-electron chi connectivity index (χ3n) is 3.27. The van der Waals surface area contributed by atoms with Crippen molar-refractivity contribution in [3.8, 4) is 0 Å². The fraction of sp³-hybridized carbons (Fsp3) is 0.250. The molecule has 0 fully saturated rings. The molecular formula is C12H13N3O2. The number of hydrogen-bond acceptors (Lipinski definition) is 3. The van der Waals surface area contributed by atoms with E-state index in [-0.39, 0.29) is 18.1 Å². The van der Waals surface area contributed by atoms with Crippen molar-refractivity contribution in [1.29, 1.82) is 0 Å². The third-order valence-corrected chi connectivity index (χ3v) is 3.27. The summed E-state index contributed by atoms with van der Waals surface area (Å²) < 4.78 is 3.18. The molecule has 0 atom stereocenters. The van der Waals surface area contributed by atoms with Gasteiger partial charge < -0.3 is 10.8 Å². The van der Waals surface area contributed by atoms with Gasteiger partial charge in [0.15, 0.2) is 0 Å². The first-order valence-corrected chi connectivity index (χ1v) is 5.46. The molecule has 0 spiro atoms. The lowest BCUT2D eigenvalue weighted by Gasteiger charge is -2.15. The van der Waals surface area contributed by atoms with Gasteiger partial charge in [0.1, 0.15) is 5.76 Å². The summed E-state index contributed by atoms with van der Waals surface area (Å²) in [5.41, 5.74) is 8.51. The maximum atomic E-state index is 12.1. The second-order valence-corrected chi connectivity index (χ2v) is 4.28. The Morgan fingerprint density at radius 2 is 2.24 bits per heavy atom. The Labute approximate surface area is 97.4 Å². The average Bonchev–Trinajstić information content (AvgIpc) is 2.60. The number of nitrogens with zero attached hydrogens (tertiary/aromatic N) is 2. The minimum absolute atomic E-state index is 0.123. The molecule has 0 amide bonds. The number of nitrogens with two attached hydrogens (primary N) is 1. The molecule has 0 saturated heterocycles. The fourth-order valence-corrected chi connectivity index (χ4v) is 2.43. The number of imidazole rings is 1. The van der Waals surface area contributed by atoms with Crippen LogP contribution in [-0.2, 0) is 13.2 Å². The minimum Gasteiger partial charge on any atom is -0.507 e. The van der Waals surface area contributed by atoms with Gasteiger partial charge >= 0.3 is 5.69 Å². The molecule has 5 nitrogen and oxygen atoms in total. The number of aliphatic hydroxyl groups is 1. The van der Waals surface area contributed by atoms with Crippen molar-refractivity contribution in [2.45, 2.75) is 20.1 Å².